The van der Waals surface area contributed by atoms with Crippen molar-refractivity contribution in [3.63, 3.8) is 0 Å². The number of hydrogen-bond acceptors (Lipinski definition) is 7. The minimum Gasteiger partial charge on any atom is -0.390 e. The number of oxime groups is 1. The summed E-state index contributed by atoms with van der Waals surface area (Å²) >= 11 is 11.8. The highest BCUT2D eigenvalue weighted by atomic mass is 35.5. The molecule has 2 aromatic rings. The number of nitrogens with one attached hydrogen (secondary N) is 3. The number of aromatic nitrogens is 2. The fraction of sp³-hybridized carbons (Fsp3) is 0.368. The lowest BCUT2D eigenvalue weighted by Crippen LogP contribution is -2.55. The Morgan fingerprint density at radius 1 is 1.11 bits per heavy atom. The zero-order valence-corrected chi connectivity index (χ0v) is 19.4. The van der Waals surface area contributed by atoms with Gasteiger partial charge in [-0.15, -0.1) is 0 Å². The van der Waals surface area contributed by atoms with Crippen LogP contribution in [0.2, 0.25) is 10.0 Å². The number of carbonyl (C=O) groups is 1. The van der Waals surface area contributed by atoms with E-state index in [0.717, 1.165) is 11.1 Å². The number of hydrazine groups is 1. The highest BCUT2D eigenvalue weighted by Crippen LogP contribution is 2.35. The van der Waals surface area contributed by atoms with Crippen LogP contribution in [-0.2, 0) is 17.2 Å². The van der Waals surface area contributed by atoms with E-state index in [9.17, 15) is 31.1 Å². The molecule has 36 heavy (non-hydrogen) atoms. The first-order valence-electron chi connectivity index (χ1n) is 10.00. The summed E-state index contributed by atoms with van der Waals surface area (Å²) < 4.78 is 76.9. The Morgan fingerprint density at radius 3 is 2.31 bits per heavy atom. The number of nitrogens with zero attached hydrogens (tertiary/aromatic N) is 4. The van der Waals surface area contributed by atoms with E-state index < -0.39 is 46.3 Å². The second-order valence-corrected chi connectivity index (χ2v) is 8.75. The van der Waals surface area contributed by atoms with Crippen LogP contribution in [-0.4, -0.2) is 40.0 Å². The maximum Gasteiger partial charge on any atom is 0.417 e. The lowest BCUT2D eigenvalue weighted by molar-refractivity contribution is -0.138. The van der Waals surface area contributed by atoms with Crippen molar-refractivity contribution in [1.82, 2.24) is 20.7 Å². The molecule has 0 spiro atoms. The normalized spacial score (nSPS) is 22.4. The Morgan fingerprint density at radius 2 is 1.72 bits per heavy atom. The molecule has 0 aromatic carbocycles. The third-order valence-electron chi connectivity index (χ3n) is 5.23. The number of hydrogen-bond donors (Lipinski definition) is 3. The molecule has 3 N–H and O–H groups in total. The summed E-state index contributed by atoms with van der Waals surface area (Å²) in [5.41, 5.74) is -0.286. The van der Waals surface area contributed by atoms with Gasteiger partial charge in [0, 0.05) is 18.8 Å². The van der Waals surface area contributed by atoms with Gasteiger partial charge in [0.1, 0.15) is 23.3 Å². The Bertz CT molecular complexity index is 1230. The van der Waals surface area contributed by atoms with Gasteiger partial charge in [-0.25, -0.2) is 19.8 Å². The molecule has 0 bridgehead atoms. The standard InChI is InChI=1S/C19H15Cl2F6N7O2/c1-17(31-16(35)34(33-17)15-12(21)3-9(6-30-15)19(25,26)27)13-4-10(36-32-13)7-29-14-11(20)2-8(5-28-14)18(22,23)24/h2-3,5-6,10,33H,4,7H2,1H3,(H,28,29)(H,31,35)/t10-,17-/m0/s1. The predicted octanol–water partition coefficient (Wildman–Crippen LogP) is 4.83. The van der Waals surface area contributed by atoms with Gasteiger partial charge in [0.2, 0.25) is 0 Å². The number of amides is 2. The average molecular weight is 558 g/mol. The number of alkyl halides is 6. The summed E-state index contributed by atoms with van der Waals surface area (Å²) in [5, 5.41) is 9.53. The third kappa shape index (κ3) is 5.22. The van der Waals surface area contributed by atoms with Gasteiger partial charge in [0.05, 0.1) is 27.7 Å². The van der Waals surface area contributed by atoms with Crippen LogP contribution in [0.1, 0.15) is 24.5 Å². The first-order chi connectivity index (χ1) is 16.7. The number of carbonyl (C=O) groups excluding carboxylic acids is 1. The van der Waals surface area contributed by atoms with E-state index in [1.165, 1.54) is 6.92 Å². The molecule has 2 aliphatic rings. The quantitative estimate of drug-likeness (QED) is 0.455. The lowest BCUT2D eigenvalue weighted by Gasteiger charge is -2.24. The van der Waals surface area contributed by atoms with E-state index in [0.29, 0.717) is 24.2 Å². The van der Waals surface area contributed by atoms with Crippen molar-refractivity contribution in [2.75, 3.05) is 16.9 Å². The summed E-state index contributed by atoms with van der Waals surface area (Å²) in [7, 11) is 0. The molecule has 17 heteroatoms. The van der Waals surface area contributed by atoms with Crippen LogP contribution in [0.5, 0.6) is 0 Å². The fourth-order valence-electron chi connectivity index (χ4n) is 3.37. The molecule has 2 atom stereocenters. The van der Waals surface area contributed by atoms with Crippen LogP contribution in [0.25, 0.3) is 0 Å². The Balaban J connectivity index is 1.39. The number of anilines is 2. The van der Waals surface area contributed by atoms with Crippen molar-refractivity contribution >= 4 is 46.6 Å². The van der Waals surface area contributed by atoms with Gasteiger partial charge in [-0.05, 0) is 19.1 Å². The molecule has 0 radical (unpaired) electrons. The van der Waals surface area contributed by atoms with E-state index in [1.807, 2.05) is 0 Å². The molecule has 9 nitrogen and oxygen atoms in total. The van der Waals surface area contributed by atoms with Crippen molar-refractivity contribution < 1.29 is 36.0 Å². The molecule has 1 saturated heterocycles. The van der Waals surface area contributed by atoms with E-state index >= 15 is 0 Å². The predicted molar refractivity (Wildman–Crippen MR) is 116 cm³/mol. The lowest BCUT2D eigenvalue weighted by atomic mass is 10.0. The fourth-order valence-corrected chi connectivity index (χ4v) is 3.86. The molecule has 1 fully saturated rings. The van der Waals surface area contributed by atoms with Crippen LogP contribution in [0.15, 0.2) is 29.7 Å². The number of urea groups is 1. The molecular formula is C19H15Cl2F6N7O2. The molecule has 2 aliphatic heterocycles. The minimum atomic E-state index is -4.66. The van der Waals surface area contributed by atoms with Crippen LogP contribution < -0.4 is 21.1 Å². The second kappa shape index (κ2) is 9.12. The van der Waals surface area contributed by atoms with Gasteiger partial charge < -0.3 is 15.5 Å². The zero-order chi connectivity index (χ0) is 26.5. The van der Waals surface area contributed by atoms with Crippen LogP contribution in [0, 0.1) is 0 Å². The van der Waals surface area contributed by atoms with Crippen molar-refractivity contribution in [1.29, 1.82) is 0 Å². The third-order valence-corrected chi connectivity index (χ3v) is 5.80. The van der Waals surface area contributed by atoms with Gasteiger partial charge in [-0.3, -0.25) is 0 Å². The molecule has 2 aromatic heterocycles. The highest BCUT2D eigenvalue weighted by Gasteiger charge is 2.47. The number of halogens is 8. The van der Waals surface area contributed by atoms with Crippen molar-refractivity contribution in [3.8, 4) is 0 Å². The van der Waals surface area contributed by atoms with Gasteiger partial charge in [0.25, 0.3) is 0 Å². The largest absolute Gasteiger partial charge is 0.417 e. The summed E-state index contributed by atoms with van der Waals surface area (Å²) in [5.74, 6) is -0.249. The van der Waals surface area contributed by atoms with Crippen LogP contribution in [0.3, 0.4) is 0 Å². The Hall–Kier alpha value is -3.04. The highest BCUT2D eigenvalue weighted by molar-refractivity contribution is 6.33. The molecule has 0 aliphatic carbocycles. The topological polar surface area (TPSA) is 104 Å². The van der Waals surface area contributed by atoms with E-state index in [-0.39, 0.29) is 29.6 Å². The second-order valence-electron chi connectivity index (χ2n) is 7.93. The number of rotatable bonds is 5. The Kier molecular flexibility index (Phi) is 6.59. The van der Waals surface area contributed by atoms with Crippen molar-refractivity contribution in [2.24, 2.45) is 5.16 Å². The molecule has 4 rings (SSSR count). The number of pyridine rings is 2. The first kappa shape index (κ1) is 26.0. The smallest absolute Gasteiger partial charge is 0.390 e. The maximum absolute atomic E-state index is 12.9. The summed E-state index contributed by atoms with van der Waals surface area (Å²) in [6.45, 7) is 1.60. The van der Waals surface area contributed by atoms with Crippen molar-refractivity contribution in [2.45, 2.75) is 37.5 Å². The van der Waals surface area contributed by atoms with E-state index in [2.05, 4.69) is 31.2 Å². The van der Waals surface area contributed by atoms with Crippen molar-refractivity contribution in [3.05, 3.63) is 45.7 Å². The van der Waals surface area contributed by atoms with E-state index in [1.54, 1.807) is 0 Å². The molecular weight excluding hydrogens is 543 g/mol. The van der Waals surface area contributed by atoms with Crippen LogP contribution in [0.4, 0.5) is 42.8 Å². The van der Waals surface area contributed by atoms with Crippen LogP contribution >= 0.6 is 23.2 Å². The summed E-state index contributed by atoms with van der Waals surface area (Å²) in [4.78, 5) is 25.2. The summed E-state index contributed by atoms with van der Waals surface area (Å²) in [6, 6.07) is 0.631. The maximum atomic E-state index is 12.9. The monoisotopic (exact) mass is 557 g/mol. The molecule has 2 amide bonds. The van der Waals surface area contributed by atoms with Gasteiger partial charge in [-0.1, -0.05) is 28.4 Å². The van der Waals surface area contributed by atoms with Gasteiger partial charge in [0.15, 0.2) is 5.82 Å². The van der Waals surface area contributed by atoms with Gasteiger partial charge >= 0.3 is 18.4 Å². The summed E-state index contributed by atoms with van der Waals surface area (Å²) in [6.07, 6.45) is -8.50. The SMILES string of the molecule is C[C@]1(C2=NO[C@H](CNc3ncc(C(F)(F)F)cc3Cl)C2)NC(=O)N(c2ncc(C(F)(F)F)cc2Cl)N1. The molecule has 194 valence electrons. The zero-order valence-electron chi connectivity index (χ0n) is 17.9. The Labute approximate surface area is 208 Å². The molecule has 0 saturated carbocycles. The van der Waals surface area contributed by atoms with E-state index in [4.69, 9.17) is 28.0 Å². The average Bonchev–Trinajstić information content (AvgIpc) is 3.36. The first-order valence-corrected chi connectivity index (χ1v) is 10.8. The molecule has 4 heterocycles. The minimum absolute atomic E-state index is 0.00872. The van der Waals surface area contributed by atoms with Gasteiger partial charge in [-0.2, -0.15) is 31.8 Å². The molecule has 0 unspecified atom stereocenters.